The molecule has 2 aliphatic rings. The number of aryl methyl sites for hydroxylation is 1. The minimum Gasteiger partial charge on any atom is -0.508 e. The van der Waals surface area contributed by atoms with Crippen LogP contribution in [0, 0.1) is 23.7 Å². The number of phenolic OH excluding ortho intramolecular Hbond substituents is 1. The number of rotatable bonds is 2. The Balaban J connectivity index is 2.09. The number of hydrogen-bond donors (Lipinski definition) is 1. The van der Waals surface area contributed by atoms with Gasteiger partial charge in [0.25, 0.3) is 0 Å². The normalized spacial score (nSPS) is 29.3. The first-order chi connectivity index (χ1) is 11.1. The summed E-state index contributed by atoms with van der Waals surface area (Å²) in [6.45, 7) is 11.1. The van der Waals surface area contributed by atoms with Crippen molar-refractivity contribution in [1.29, 1.82) is 0 Å². The molecular formula is C22H30O2. The van der Waals surface area contributed by atoms with Gasteiger partial charge in [0, 0.05) is 11.1 Å². The number of carbonyl (C=O) groups is 1. The van der Waals surface area contributed by atoms with Gasteiger partial charge in [0.15, 0.2) is 5.78 Å². The van der Waals surface area contributed by atoms with Crippen LogP contribution in [0.15, 0.2) is 29.3 Å². The van der Waals surface area contributed by atoms with Gasteiger partial charge >= 0.3 is 0 Å². The molecule has 130 valence electrons. The number of carbonyl (C=O) groups excluding carboxylic acids is 1. The molecule has 0 unspecified atom stereocenters. The Hall–Kier alpha value is -1.57. The second-order valence-corrected chi connectivity index (χ2v) is 8.89. The molecule has 1 N–H and O–H groups in total. The van der Waals surface area contributed by atoms with E-state index in [2.05, 4.69) is 27.7 Å². The van der Waals surface area contributed by atoms with Gasteiger partial charge in [-0.25, -0.2) is 0 Å². The van der Waals surface area contributed by atoms with Crippen LogP contribution < -0.4 is 0 Å². The van der Waals surface area contributed by atoms with E-state index in [-0.39, 0.29) is 22.4 Å². The number of allylic oxidation sites excluding steroid dienone is 2. The van der Waals surface area contributed by atoms with Crippen LogP contribution in [0.1, 0.15) is 75.7 Å². The summed E-state index contributed by atoms with van der Waals surface area (Å²) in [6.07, 6.45) is 5.73. The second-order valence-electron chi connectivity index (χ2n) is 8.89. The van der Waals surface area contributed by atoms with E-state index in [1.807, 2.05) is 13.0 Å². The molecule has 1 saturated carbocycles. The lowest BCUT2D eigenvalue weighted by Gasteiger charge is -2.54. The minimum absolute atomic E-state index is 0.0411. The van der Waals surface area contributed by atoms with Crippen molar-refractivity contribution in [2.24, 2.45) is 16.7 Å². The van der Waals surface area contributed by atoms with Crippen LogP contribution in [0.2, 0.25) is 0 Å². The summed E-state index contributed by atoms with van der Waals surface area (Å²) in [5.74, 6) is 0.856. The third-order valence-corrected chi connectivity index (χ3v) is 6.59. The Morgan fingerprint density at radius 3 is 2.50 bits per heavy atom. The molecule has 3 rings (SSSR count). The largest absolute Gasteiger partial charge is 0.508 e. The fraction of sp³-hybridized carbons (Fsp3) is 0.591. The molecule has 2 atom stereocenters. The standard InChI is InChI=1S/C22H30O2/c1-14-11-16(13-17(23)12-14)20(24)19-15(2)7-8-18-21(3,4)9-6-10-22(18,19)5/h11-13,18,23H,6-10H2,1-5H3/t18-,22+/m0/s1. The zero-order chi connectivity index (χ0) is 17.7. The Morgan fingerprint density at radius 2 is 1.83 bits per heavy atom. The van der Waals surface area contributed by atoms with Crippen molar-refractivity contribution < 1.29 is 9.90 Å². The van der Waals surface area contributed by atoms with Gasteiger partial charge < -0.3 is 5.11 Å². The van der Waals surface area contributed by atoms with Gasteiger partial charge in [-0.1, -0.05) is 32.8 Å². The Bertz CT molecular complexity index is 690. The highest BCUT2D eigenvalue weighted by Crippen LogP contribution is 2.59. The smallest absolute Gasteiger partial charge is 0.189 e. The molecule has 2 heteroatoms. The van der Waals surface area contributed by atoms with E-state index in [4.69, 9.17) is 0 Å². The fourth-order valence-electron chi connectivity index (χ4n) is 5.60. The van der Waals surface area contributed by atoms with Crippen LogP contribution in [0.3, 0.4) is 0 Å². The zero-order valence-corrected chi connectivity index (χ0v) is 15.7. The summed E-state index contributed by atoms with van der Waals surface area (Å²) in [5, 5.41) is 9.92. The molecular weight excluding hydrogens is 296 g/mol. The van der Waals surface area contributed by atoms with Crippen LogP contribution in [0.4, 0.5) is 0 Å². The average Bonchev–Trinajstić information content (AvgIpc) is 2.44. The molecule has 0 aromatic heterocycles. The van der Waals surface area contributed by atoms with Gasteiger partial charge in [-0.05, 0) is 80.0 Å². The van der Waals surface area contributed by atoms with Crippen LogP contribution in [-0.4, -0.2) is 10.9 Å². The van der Waals surface area contributed by atoms with E-state index in [0.29, 0.717) is 11.5 Å². The van der Waals surface area contributed by atoms with Gasteiger partial charge in [0.2, 0.25) is 0 Å². The molecule has 1 aromatic rings. The van der Waals surface area contributed by atoms with Crippen molar-refractivity contribution >= 4 is 5.78 Å². The van der Waals surface area contributed by atoms with Crippen molar-refractivity contribution in [3.05, 3.63) is 40.5 Å². The van der Waals surface area contributed by atoms with E-state index in [1.54, 1.807) is 12.1 Å². The summed E-state index contributed by atoms with van der Waals surface area (Å²) < 4.78 is 0. The highest BCUT2D eigenvalue weighted by molar-refractivity contribution is 6.10. The number of hydrogen-bond acceptors (Lipinski definition) is 2. The number of ketones is 1. The van der Waals surface area contributed by atoms with Gasteiger partial charge in [0.1, 0.15) is 5.75 Å². The van der Waals surface area contributed by atoms with E-state index in [9.17, 15) is 9.90 Å². The van der Waals surface area contributed by atoms with Crippen LogP contribution >= 0.6 is 0 Å². The second kappa shape index (κ2) is 5.75. The molecule has 0 saturated heterocycles. The molecule has 0 spiro atoms. The Labute approximate surface area is 146 Å². The van der Waals surface area contributed by atoms with E-state index in [1.165, 1.54) is 24.8 Å². The molecule has 1 aromatic carbocycles. The van der Waals surface area contributed by atoms with Crippen molar-refractivity contribution in [3.8, 4) is 5.75 Å². The van der Waals surface area contributed by atoms with Gasteiger partial charge in [-0.15, -0.1) is 0 Å². The number of phenols is 1. The number of Topliss-reactive ketones (excluding diaryl/α,β-unsaturated/α-hetero) is 1. The molecule has 0 amide bonds. The molecule has 24 heavy (non-hydrogen) atoms. The topological polar surface area (TPSA) is 37.3 Å². The number of fused-ring (bicyclic) bond motifs is 1. The molecule has 1 fully saturated rings. The lowest BCUT2D eigenvalue weighted by atomic mass is 9.49. The monoisotopic (exact) mass is 326 g/mol. The predicted octanol–water partition coefficient (Wildman–Crippen LogP) is 5.83. The average molecular weight is 326 g/mol. The summed E-state index contributed by atoms with van der Waals surface area (Å²) in [4.78, 5) is 13.4. The first kappa shape index (κ1) is 17.3. The first-order valence-electron chi connectivity index (χ1n) is 9.21. The summed E-state index contributed by atoms with van der Waals surface area (Å²) in [5.41, 5.74) is 4.08. The molecule has 2 aliphatic carbocycles. The van der Waals surface area contributed by atoms with E-state index >= 15 is 0 Å². The van der Waals surface area contributed by atoms with Crippen molar-refractivity contribution in [2.45, 2.75) is 66.7 Å². The SMILES string of the molecule is CC1=C(C(=O)c2cc(C)cc(O)c2)[C@]2(C)CCCC(C)(C)[C@@H]2CC1. The maximum absolute atomic E-state index is 13.4. The summed E-state index contributed by atoms with van der Waals surface area (Å²) in [7, 11) is 0. The maximum atomic E-state index is 13.4. The number of benzene rings is 1. The van der Waals surface area contributed by atoms with Crippen molar-refractivity contribution in [1.82, 2.24) is 0 Å². The highest BCUT2D eigenvalue weighted by atomic mass is 16.3. The van der Waals surface area contributed by atoms with Crippen molar-refractivity contribution in [2.75, 3.05) is 0 Å². The zero-order valence-electron chi connectivity index (χ0n) is 15.7. The lowest BCUT2D eigenvalue weighted by Crippen LogP contribution is -2.47. The van der Waals surface area contributed by atoms with E-state index < -0.39 is 0 Å². The molecule has 0 aliphatic heterocycles. The third kappa shape index (κ3) is 2.70. The Morgan fingerprint density at radius 1 is 1.12 bits per heavy atom. The summed E-state index contributed by atoms with van der Waals surface area (Å²) in [6, 6.07) is 5.23. The number of aromatic hydroxyl groups is 1. The van der Waals surface area contributed by atoms with Crippen molar-refractivity contribution in [3.63, 3.8) is 0 Å². The quantitative estimate of drug-likeness (QED) is 0.695. The van der Waals surface area contributed by atoms with Gasteiger partial charge in [0.05, 0.1) is 0 Å². The Kier molecular flexibility index (Phi) is 4.14. The van der Waals surface area contributed by atoms with Crippen LogP contribution in [0.25, 0.3) is 0 Å². The molecule has 0 bridgehead atoms. The first-order valence-corrected chi connectivity index (χ1v) is 9.21. The minimum atomic E-state index is -0.0411. The van der Waals surface area contributed by atoms with E-state index in [0.717, 1.165) is 24.0 Å². The highest BCUT2D eigenvalue weighted by Gasteiger charge is 2.51. The maximum Gasteiger partial charge on any atom is 0.189 e. The molecule has 0 radical (unpaired) electrons. The van der Waals surface area contributed by atoms with Crippen LogP contribution in [0.5, 0.6) is 5.75 Å². The third-order valence-electron chi connectivity index (χ3n) is 6.59. The lowest BCUT2D eigenvalue weighted by molar-refractivity contribution is 0.0121. The van der Waals surface area contributed by atoms with Crippen LogP contribution in [-0.2, 0) is 0 Å². The predicted molar refractivity (Wildman–Crippen MR) is 98.3 cm³/mol. The van der Waals surface area contributed by atoms with Gasteiger partial charge in [-0.3, -0.25) is 4.79 Å². The fourth-order valence-corrected chi connectivity index (χ4v) is 5.60. The van der Waals surface area contributed by atoms with Gasteiger partial charge in [-0.2, -0.15) is 0 Å². The molecule has 0 heterocycles. The molecule has 2 nitrogen and oxygen atoms in total. The summed E-state index contributed by atoms with van der Waals surface area (Å²) >= 11 is 0.